The predicted molar refractivity (Wildman–Crippen MR) is 107 cm³/mol. The lowest BCUT2D eigenvalue weighted by atomic mass is 9.94. The average molecular weight is 395 g/mol. The number of carbonyl (C=O) groups excluding carboxylic acids is 1. The Morgan fingerprint density at radius 2 is 2.10 bits per heavy atom. The molecule has 1 saturated heterocycles. The fourth-order valence-electron chi connectivity index (χ4n) is 3.56. The lowest BCUT2D eigenvalue weighted by Crippen LogP contribution is -2.60. The van der Waals surface area contributed by atoms with Crippen molar-refractivity contribution in [3.63, 3.8) is 0 Å². The maximum atomic E-state index is 15.4. The number of hydrogen-bond donors (Lipinski definition) is 3. The van der Waals surface area contributed by atoms with Gasteiger partial charge in [-0.2, -0.15) is 0 Å². The molecule has 0 radical (unpaired) electrons. The highest BCUT2D eigenvalue weighted by Crippen LogP contribution is 2.28. The number of amides is 1. The number of hydrogen-bond acceptors (Lipinski definition) is 5. The van der Waals surface area contributed by atoms with E-state index in [0.717, 1.165) is 16.0 Å². The summed E-state index contributed by atoms with van der Waals surface area (Å²) in [6.07, 6.45) is 3.34. The number of nitrogens with zero attached hydrogens (tertiary/aromatic N) is 2. The van der Waals surface area contributed by atoms with E-state index in [2.05, 4.69) is 21.0 Å². The summed E-state index contributed by atoms with van der Waals surface area (Å²) in [6.45, 7) is 4.55. The summed E-state index contributed by atoms with van der Waals surface area (Å²) in [6, 6.07) is 8.88. The van der Waals surface area contributed by atoms with Crippen molar-refractivity contribution in [3.8, 4) is 11.1 Å². The Bertz CT molecular complexity index is 1120. The number of nitrogens with one attached hydrogen (secondary N) is 2. The third kappa shape index (κ3) is 3.58. The quantitative estimate of drug-likeness (QED) is 0.410. The van der Waals surface area contributed by atoms with Gasteiger partial charge in [-0.15, -0.1) is 5.11 Å². The van der Waals surface area contributed by atoms with Crippen LogP contribution in [0, 0.1) is 12.7 Å². The molecule has 8 heteroatoms. The van der Waals surface area contributed by atoms with Gasteiger partial charge in [-0.05, 0) is 53.6 Å². The first kappa shape index (κ1) is 19.1. The molecule has 0 aliphatic carbocycles. The molecule has 1 atom stereocenters. The minimum atomic E-state index is -0.533. The van der Waals surface area contributed by atoms with E-state index in [-0.39, 0.29) is 11.7 Å². The fourth-order valence-corrected chi connectivity index (χ4v) is 3.56. The first-order valence-electron chi connectivity index (χ1n) is 9.28. The summed E-state index contributed by atoms with van der Waals surface area (Å²) >= 11 is 0. The van der Waals surface area contributed by atoms with Gasteiger partial charge in [0.1, 0.15) is 5.82 Å². The van der Waals surface area contributed by atoms with Crippen LogP contribution in [-0.4, -0.2) is 30.8 Å². The molecule has 7 nitrogen and oxygen atoms in total. The highest BCUT2D eigenvalue weighted by Gasteiger charge is 2.35. The van der Waals surface area contributed by atoms with Crippen molar-refractivity contribution >= 4 is 18.2 Å². The van der Waals surface area contributed by atoms with E-state index in [9.17, 15) is 4.79 Å². The number of aryl methyl sites for hydroxylation is 1. The predicted octanol–water partition coefficient (Wildman–Crippen LogP) is 1.09. The van der Waals surface area contributed by atoms with Crippen molar-refractivity contribution in [2.75, 3.05) is 13.2 Å². The molecular formula is C21H22FN5O2. The van der Waals surface area contributed by atoms with E-state index >= 15 is 4.39 Å². The van der Waals surface area contributed by atoms with Gasteiger partial charge in [-0.25, -0.2) is 4.39 Å². The summed E-state index contributed by atoms with van der Waals surface area (Å²) in [5.41, 5.74) is 1.42. The van der Waals surface area contributed by atoms with E-state index in [1.807, 2.05) is 38.1 Å². The van der Waals surface area contributed by atoms with Crippen molar-refractivity contribution in [3.05, 3.63) is 57.7 Å². The largest absolute Gasteiger partial charge is 0.376 e. The lowest BCUT2D eigenvalue weighted by molar-refractivity contribution is -0.0594. The normalized spacial score (nSPS) is 19.3. The molecule has 2 aromatic rings. The topological polar surface area (TPSA) is 101 Å². The number of nitrogens with two attached hydrogens (primary N) is 1. The van der Waals surface area contributed by atoms with Crippen LogP contribution in [0.5, 0.6) is 0 Å². The lowest BCUT2D eigenvalue weighted by Gasteiger charge is -2.38. The third-order valence-corrected chi connectivity index (χ3v) is 5.17. The molecular weight excluding hydrogens is 373 g/mol. The smallest absolute Gasteiger partial charge is 0.254 e. The Labute approximate surface area is 167 Å². The molecule has 1 fully saturated rings. The number of ether oxygens (including phenoxy) is 1. The van der Waals surface area contributed by atoms with Gasteiger partial charge in [0.05, 0.1) is 24.3 Å². The van der Waals surface area contributed by atoms with Gasteiger partial charge >= 0.3 is 0 Å². The molecule has 29 heavy (non-hydrogen) atoms. The van der Waals surface area contributed by atoms with Gasteiger partial charge < -0.3 is 21.2 Å². The third-order valence-electron chi connectivity index (χ3n) is 5.17. The number of fused-ring (bicyclic) bond motifs is 1. The zero-order chi connectivity index (χ0) is 20.6. The van der Waals surface area contributed by atoms with Crippen LogP contribution in [0.25, 0.3) is 23.4 Å². The molecule has 0 saturated carbocycles. The Morgan fingerprint density at radius 1 is 1.31 bits per heavy atom. The molecule has 2 aliphatic heterocycles. The van der Waals surface area contributed by atoms with Gasteiger partial charge in [0, 0.05) is 11.8 Å². The van der Waals surface area contributed by atoms with Crippen LogP contribution in [-0.2, 0) is 4.74 Å². The average Bonchev–Trinajstić information content (AvgIpc) is 2.67. The zero-order valence-corrected chi connectivity index (χ0v) is 16.2. The molecule has 2 aliphatic rings. The summed E-state index contributed by atoms with van der Waals surface area (Å²) in [5, 5.41) is 14.9. The number of rotatable bonds is 4. The molecule has 1 amide bonds. The van der Waals surface area contributed by atoms with Crippen LogP contribution in [0.1, 0.15) is 22.8 Å². The second kappa shape index (κ2) is 7.29. The highest BCUT2D eigenvalue weighted by atomic mass is 19.1. The van der Waals surface area contributed by atoms with Gasteiger partial charge in [0.15, 0.2) is 6.17 Å². The minimum absolute atomic E-state index is 0.0218. The molecule has 0 bridgehead atoms. The number of benzene rings is 2. The zero-order valence-electron chi connectivity index (χ0n) is 16.2. The Balaban J connectivity index is 1.72. The van der Waals surface area contributed by atoms with E-state index in [1.54, 1.807) is 12.3 Å². The number of carbonyl (C=O) groups is 1. The Hall–Kier alpha value is -3.26. The second-order valence-corrected chi connectivity index (χ2v) is 7.62. The molecule has 0 aromatic heterocycles. The first-order chi connectivity index (χ1) is 13.9. The van der Waals surface area contributed by atoms with Crippen LogP contribution >= 0.6 is 0 Å². The molecule has 0 spiro atoms. The van der Waals surface area contributed by atoms with E-state index < -0.39 is 17.3 Å². The maximum absolute atomic E-state index is 15.4. The molecule has 2 heterocycles. The fraction of sp³-hybridized carbons (Fsp3) is 0.286. The summed E-state index contributed by atoms with van der Waals surface area (Å²) < 4.78 is 20.5. The first-order valence-corrected chi connectivity index (χ1v) is 9.28. The van der Waals surface area contributed by atoms with Crippen LogP contribution in [0.3, 0.4) is 0 Å². The van der Waals surface area contributed by atoms with Crippen LogP contribution in [0.4, 0.5) is 4.39 Å². The standard InChI is InChI=1S/C21H22FN5O2/c1-12-3-6-16(20(28)25-21(2)10-29-11-21)19(22)18(12)14-5-4-13-8-17(26-27-23)24-9-15(13)7-14/h3-9,17,24H,10-11H2,1-2H3,(H2,23,26)(H,25,28). The highest BCUT2D eigenvalue weighted by molar-refractivity contribution is 5.96. The van der Waals surface area contributed by atoms with Crippen LogP contribution in [0.15, 0.2) is 40.7 Å². The number of halogens is 1. The van der Waals surface area contributed by atoms with Crippen molar-refractivity contribution in [2.45, 2.75) is 25.6 Å². The van der Waals surface area contributed by atoms with E-state index in [0.29, 0.717) is 24.3 Å². The SMILES string of the molecule is Cc1ccc(C(=O)NC2(C)COC2)c(F)c1-c1ccc2c(c1)=CNC(N=NN)C=2. The van der Waals surface area contributed by atoms with Crippen LogP contribution in [0.2, 0.25) is 0 Å². The molecule has 150 valence electrons. The van der Waals surface area contributed by atoms with Crippen LogP contribution < -0.4 is 26.9 Å². The molecule has 4 rings (SSSR count). The monoisotopic (exact) mass is 395 g/mol. The van der Waals surface area contributed by atoms with Gasteiger partial charge in [0.25, 0.3) is 5.91 Å². The Kier molecular flexibility index (Phi) is 4.79. The summed E-state index contributed by atoms with van der Waals surface area (Å²) in [4.78, 5) is 12.6. The molecule has 4 N–H and O–H groups in total. The maximum Gasteiger partial charge on any atom is 0.254 e. The van der Waals surface area contributed by atoms with Crippen molar-refractivity contribution in [2.24, 2.45) is 16.2 Å². The van der Waals surface area contributed by atoms with Crippen molar-refractivity contribution in [1.29, 1.82) is 0 Å². The summed E-state index contributed by atoms with van der Waals surface area (Å²) in [5.74, 6) is 4.13. The molecule has 1 unspecified atom stereocenters. The van der Waals surface area contributed by atoms with Gasteiger partial charge in [-0.1, -0.05) is 23.4 Å². The minimum Gasteiger partial charge on any atom is -0.376 e. The molecule has 2 aromatic carbocycles. The summed E-state index contributed by atoms with van der Waals surface area (Å²) in [7, 11) is 0. The van der Waals surface area contributed by atoms with Crippen molar-refractivity contribution in [1.82, 2.24) is 10.6 Å². The second-order valence-electron chi connectivity index (χ2n) is 7.62. The van der Waals surface area contributed by atoms with Gasteiger partial charge in [-0.3, -0.25) is 4.79 Å². The Morgan fingerprint density at radius 3 is 2.79 bits per heavy atom. The van der Waals surface area contributed by atoms with E-state index in [4.69, 9.17) is 10.6 Å². The van der Waals surface area contributed by atoms with Crippen molar-refractivity contribution < 1.29 is 13.9 Å². The van der Waals surface area contributed by atoms with Gasteiger partial charge in [0.2, 0.25) is 0 Å². The van der Waals surface area contributed by atoms with E-state index in [1.165, 1.54) is 6.07 Å².